The monoisotopic (exact) mass is 475 g/mol. The third-order valence-corrected chi connectivity index (χ3v) is 6.62. The van der Waals surface area contributed by atoms with Crippen LogP contribution in [0.5, 0.6) is 0 Å². The molecular formula is C22H14ClN7O2S. The second kappa shape index (κ2) is 8.63. The van der Waals surface area contributed by atoms with E-state index in [-0.39, 0.29) is 21.8 Å². The first-order valence-electron chi connectivity index (χ1n) is 9.37. The average molecular weight is 476 g/mol. The van der Waals surface area contributed by atoms with Crippen molar-refractivity contribution < 1.29 is 8.42 Å². The summed E-state index contributed by atoms with van der Waals surface area (Å²) < 4.78 is 27.5. The topological polar surface area (TPSA) is 150 Å². The number of nitrogens with one attached hydrogen (secondary N) is 1. The number of fused-ring (bicyclic) bond motifs is 1. The van der Waals surface area contributed by atoms with Gasteiger partial charge in [-0.2, -0.15) is 23.9 Å². The van der Waals surface area contributed by atoms with Crippen LogP contribution in [0, 0.1) is 22.7 Å². The summed E-state index contributed by atoms with van der Waals surface area (Å²) in [6, 6.07) is 18.5. The smallest absolute Gasteiger partial charge is 0.286 e. The maximum atomic E-state index is 13.4. The molecule has 0 bridgehead atoms. The fraction of sp³-hybridized carbons (Fsp3) is 0. The lowest BCUT2D eigenvalue weighted by Crippen LogP contribution is -2.17. The molecule has 0 aliphatic heterocycles. The molecular weight excluding hydrogens is 462 g/mol. The molecule has 0 aliphatic rings. The van der Waals surface area contributed by atoms with E-state index in [2.05, 4.69) is 15.4 Å². The highest BCUT2D eigenvalue weighted by molar-refractivity contribution is 7.90. The van der Waals surface area contributed by atoms with Gasteiger partial charge >= 0.3 is 0 Å². The van der Waals surface area contributed by atoms with Crippen LogP contribution >= 0.6 is 11.6 Å². The number of allylic oxidation sites excluding steroid dienone is 1. The number of halogens is 1. The molecule has 11 heteroatoms. The van der Waals surface area contributed by atoms with Crippen LogP contribution in [0.25, 0.3) is 16.8 Å². The summed E-state index contributed by atoms with van der Waals surface area (Å²) in [5.74, 6) is -0.399. The lowest BCUT2D eigenvalue weighted by Gasteiger charge is -2.09. The van der Waals surface area contributed by atoms with Gasteiger partial charge in [0.2, 0.25) is 11.9 Å². The molecule has 33 heavy (non-hydrogen) atoms. The molecule has 3 aromatic carbocycles. The molecule has 0 fully saturated rings. The summed E-state index contributed by atoms with van der Waals surface area (Å²) in [5, 5.41) is 26.0. The SMILES string of the molecule is N#CC=Cc1ccc2cccc(S(=O)(=O)n3nc(Nc4ccc(C#N)c(Cl)c4)nc3N)c2c1. The highest BCUT2D eigenvalue weighted by Crippen LogP contribution is 2.28. The van der Waals surface area contributed by atoms with Gasteiger partial charge in [-0.1, -0.05) is 35.9 Å². The van der Waals surface area contributed by atoms with Crippen molar-refractivity contribution in [3.63, 3.8) is 0 Å². The zero-order valence-corrected chi connectivity index (χ0v) is 18.3. The molecule has 3 N–H and O–H groups in total. The van der Waals surface area contributed by atoms with E-state index in [1.54, 1.807) is 42.5 Å². The lowest BCUT2D eigenvalue weighted by atomic mass is 10.1. The molecule has 1 heterocycles. The van der Waals surface area contributed by atoms with E-state index in [4.69, 9.17) is 27.9 Å². The average Bonchev–Trinajstić information content (AvgIpc) is 3.18. The Kier molecular flexibility index (Phi) is 5.71. The maximum Gasteiger partial charge on any atom is 0.286 e. The van der Waals surface area contributed by atoms with Gasteiger partial charge in [0, 0.05) is 17.1 Å². The van der Waals surface area contributed by atoms with Crippen molar-refractivity contribution in [3.8, 4) is 12.1 Å². The molecule has 0 amide bonds. The highest BCUT2D eigenvalue weighted by atomic mass is 35.5. The third-order valence-electron chi connectivity index (χ3n) is 4.67. The van der Waals surface area contributed by atoms with Crippen LogP contribution < -0.4 is 11.1 Å². The van der Waals surface area contributed by atoms with E-state index in [1.165, 1.54) is 24.3 Å². The van der Waals surface area contributed by atoms with Crippen molar-refractivity contribution in [3.05, 3.63) is 76.8 Å². The Hall–Kier alpha value is -4.38. The fourth-order valence-electron chi connectivity index (χ4n) is 3.17. The number of nitriles is 2. The van der Waals surface area contributed by atoms with Crippen molar-refractivity contribution in [1.82, 2.24) is 14.2 Å². The number of hydrogen-bond donors (Lipinski definition) is 2. The number of hydrogen-bond acceptors (Lipinski definition) is 8. The zero-order valence-electron chi connectivity index (χ0n) is 16.8. The first-order valence-corrected chi connectivity index (χ1v) is 11.2. The van der Waals surface area contributed by atoms with Crippen LogP contribution in [0.3, 0.4) is 0 Å². The van der Waals surface area contributed by atoms with Crippen LogP contribution in [0.4, 0.5) is 17.6 Å². The molecule has 0 aliphatic carbocycles. The minimum absolute atomic E-state index is 0.0169. The zero-order chi connectivity index (χ0) is 23.6. The predicted octanol–water partition coefficient (Wildman–Crippen LogP) is 4.06. The Labute approximate surface area is 194 Å². The number of benzene rings is 3. The molecule has 4 rings (SSSR count). The Morgan fingerprint density at radius 2 is 1.94 bits per heavy atom. The summed E-state index contributed by atoms with van der Waals surface area (Å²) in [6.07, 6.45) is 2.89. The Morgan fingerprint density at radius 1 is 1.12 bits per heavy atom. The van der Waals surface area contributed by atoms with E-state index in [0.29, 0.717) is 31.7 Å². The Morgan fingerprint density at radius 3 is 2.67 bits per heavy atom. The largest absolute Gasteiger partial charge is 0.367 e. The van der Waals surface area contributed by atoms with Crippen LogP contribution in [-0.4, -0.2) is 22.6 Å². The number of nitrogen functional groups attached to an aromatic ring is 1. The molecule has 4 aromatic rings. The van der Waals surface area contributed by atoms with Gasteiger partial charge in [-0.05, 0) is 47.4 Å². The van der Waals surface area contributed by atoms with Gasteiger partial charge in [0.05, 0.1) is 21.6 Å². The number of nitrogens with two attached hydrogens (primary N) is 1. The van der Waals surface area contributed by atoms with Gasteiger partial charge in [-0.15, -0.1) is 9.19 Å². The molecule has 0 radical (unpaired) electrons. The highest BCUT2D eigenvalue weighted by Gasteiger charge is 2.25. The van der Waals surface area contributed by atoms with Gasteiger partial charge in [-0.25, -0.2) is 0 Å². The summed E-state index contributed by atoms with van der Waals surface area (Å²) in [5.41, 5.74) is 7.30. The minimum atomic E-state index is -4.20. The number of nitrogens with zero attached hydrogens (tertiary/aromatic N) is 5. The fourth-order valence-corrected chi connectivity index (χ4v) is 4.76. The van der Waals surface area contributed by atoms with Crippen molar-refractivity contribution in [1.29, 1.82) is 10.5 Å². The molecule has 0 saturated heterocycles. The first-order chi connectivity index (χ1) is 15.8. The second-order valence-electron chi connectivity index (χ2n) is 6.77. The number of anilines is 3. The molecule has 9 nitrogen and oxygen atoms in total. The Balaban J connectivity index is 1.75. The van der Waals surface area contributed by atoms with Crippen molar-refractivity contribution in [2.45, 2.75) is 4.90 Å². The second-order valence-corrected chi connectivity index (χ2v) is 8.92. The summed E-state index contributed by atoms with van der Waals surface area (Å²) in [4.78, 5) is 3.98. The van der Waals surface area contributed by atoms with E-state index in [0.717, 1.165) is 0 Å². The lowest BCUT2D eigenvalue weighted by molar-refractivity contribution is 0.582. The van der Waals surface area contributed by atoms with E-state index in [1.807, 2.05) is 12.1 Å². The summed E-state index contributed by atoms with van der Waals surface area (Å²) >= 11 is 6.03. The van der Waals surface area contributed by atoms with Gasteiger partial charge in [0.15, 0.2) is 0 Å². The standard InChI is InChI=1S/C22H14ClN7O2S/c23-19-12-17(9-8-16(19)13-25)27-22-28-21(26)30(29-22)33(31,32)20-5-1-4-15-7-6-14(3-2-10-24)11-18(15)20/h1-9,11-12H,(H3,26,27,28,29). The van der Waals surface area contributed by atoms with Gasteiger partial charge < -0.3 is 11.1 Å². The molecule has 162 valence electrons. The predicted molar refractivity (Wildman–Crippen MR) is 125 cm³/mol. The number of aromatic nitrogens is 3. The van der Waals surface area contributed by atoms with Crippen LogP contribution in [0.1, 0.15) is 11.1 Å². The number of rotatable bonds is 5. The summed E-state index contributed by atoms with van der Waals surface area (Å²) in [7, 11) is -4.20. The van der Waals surface area contributed by atoms with E-state index in [9.17, 15) is 8.42 Å². The maximum absolute atomic E-state index is 13.4. The normalized spacial score (nSPS) is 11.4. The van der Waals surface area contributed by atoms with Crippen molar-refractivity contribution in [2.24, 2.45) is 0 Å². The van der Waals surface area contributed by atoms with Crippen LogP contribution in [-0.2, 0) is 10.0 Å². The molecule has 0 unspecified atom stereocenters. The third kappa shape index (κ3) is 4.21. The Bertz CT molecular complexity index is 1610. The van der Waals surface area contributed by atoms with Gasteiger partial charge in [0.1, 0.15) is 6.07 Å². The van der Waals surface area contributed by atoms with Crippen LogP contribution in [0.2, 0.25) is 5.02 Å². The van der Waals surface area contributed by atoms with Crippen molar-refractivity contribution >= 4 is 56.1 Å². The molecule has 0 atom stereocenters. The van der Waals surface area contributed by atoms with E-state index >= 15 is 0 Å². The molecule has 0 saturated carbocycles. The van der Waals surface area contributed by atoms with Gasteiger partial charge in [-0.3, -0.25) is 0 Å². The molecule has 0 spiro atoms. The quantitative estimate of drug-likeness (QED) is 0.410. The summed E-state index contributed by atoms with van der Waals surface area (Å²) in [6.45, 7) is 0. The van der Waals surface area contributed by atoms with Crippen LogP contribution in [0.15, 0.2) is 65.6 Å². The first kappa shape index (κ1) is 21.8. The molecule has 1 aromatic heterocycles. The van der Waals surface area contributed by atoms with Gasteiger partial charge in [0.25, 0.3) is 10.0 Å². The minimum Gasteiger partial charge on any atom is -0.367 e. The van der Waals surface area contributed by atoms with Crippen molar-refractivity contribution in [2.75, 3.05) is 11.1 Å². The van der Waals surface area contributed by atoms with E-state index < -0.39 is 10.0 Å².